The highest BCUT2D eigenvalue weighted by molar-refractivity contribution is 9.10. The van der Waals surface area contributed by atoms with Crippen LogP contribution in [-0.2, 0) is 6.18 Å². The number of nitrogens with zero attached hydrogens (tertiary/aromatic N) is 2. The maximum atomic E-state index is 12.9. The van der Waals surface area contributed by atoms with Gasteiger partial charge in [-0.3, -0.25) is 0 Å². The fraction of sp³-hybridized carbons (Fsp3) is 0.231. The third-order valence-corrected chi connectivity index (χ3v) is 3.19. The van der Waals surface area contributed by atoms with Gasteiger partial charge in [0.1, 0.15) is 0 Å². The first-order valence-corrected chi connectivity index (χ1v) is 6.66. The molecule has 0 unspecified atom stereocenters. The molecule has 0 bridgehead atoms. The average molecular weight is 346 g/mol. The standard InChI is InChI=1S/C13H11BrF3N3/c1-2-18-12-19-10(7-11(20-12)13(15,16)17)8-5-3-4-6-9(8)14/h3-7H,2H2,1H3,(H,18,19,20). The Balaban J connectivity index is 2.58. The second-order valence-electron chi connectivity index (χ2n) is 3.97. The Labute approximate surface area is 122 Å². The number of benzene rings is 1. The molecule has 3 nitrogen and oxygen atoms in total. The lowest BCUT2D eigenvalue weighted by atomic mass is 10.1. The van der Waals surface area contributed by atoms with Crippen molar-refractivity contribution in [3.8, 4) is 11.3 Å². The van der Waals surface area contributed by atoms with E-state index in [9.17, 15) is 13.2 Å². The van der Waals surface area contributed by atoms with E-state index in [-0.39, 0.29) is 11.6 Å². The largest absolute Gasteiger partial charge is 0.433 e. The minimum absolute atomic E-state index is 0.0342. The minimum Gasteiger partial charge on any atom is -0.354 e. The molecule has 1 aromatic heterocycles. The van der Waals surface area contributed by atoms with Gasteiger partial charge in [0.15, 0.2) is 5.69 Å². The van der Waals surface area contributed by atoms with Crippen molar-refractivity contribution < 1.29 is 13.2 Å². The lowest BCUT2D eigenvalue weighted by Gasteiger charge is -2.11. The number of rotatable bonds is 3. The Bertz CT molecular complexity index is 614. The van der Waals surface area contributed by atoms with Crippen LogP contribution >= 0.6 is 15.9 Å². The fourth-order valence-electron chi connectivity index (χ4n) is 1.64. The molecule has 0 fully saturated rings. The molecule has 0 saturated carbocycles. The zero-order chi connectivity index (χ0) is 14.8. The molecule has 1 N–H and O–H groups in total. The van der Waals surface area contributed by atoms with Gasteiger partial charge in [0.25, 0.3) is 0 Å². The summed E-state index contributed by atoms with van der Waals surface area (Å²) in [7, 11) is 0. The van der Waals surface area contributed by atoms with Gasteiger partial charge in [-0.1, -0.05) is 34.1 Å². The van der Waals surface area contributed by atoms with Crippen LogP contribution in [0.25, 0.3) is 11.3 Å². The highest BCUT2D eigenvalue weighted by atomic mass is 79.9. The number of hydrogen-bond acceptors (Lipinski definition) is 3. The summed E-state index contributed by atoms with van der Waals surface area (Å²) in [5.41, 5.74) is -0.162. The van der Waals surface area contributed by atoms with Crippen LogP contribution < -0.4 is 5.32 Å². The van der Waals surface area contributed by atoms with Crippen molar-refractivity contribution in [2.75, 3.05) is 11.9 Å². The Morgan fingerprint density at radius 1 is 1.20 bits per heavy atom. The van der Waals surface area contributed by atoms with Crippen LogP contribution in [0.15, 0.2) is 34.8 Å². The molecule has 0 aliphatic heterocycles. The van der Waals surface area contributed by atoms with Crippen LogP contribution in [0.2, 0.25) is 0 Å². The second-order valence-corrected chi connectivity index (χ2v) is 4.82. The topological polar surface area (TPSA) is 37.8 Å². The summed E-state index contributed by atoms with van der Waals surface area (Å²) >= 11 is 3.31. The van der Waals surface area contributed by atoms with Gasteiger partial charge in [0.05, 0.1) is 5.69 Å². The molecule has 0 aliphatic rings. The van der Waals surface area contributed by atoms with E-state index in [0.717, 1.165) is 6.07 Å². The lowest BCUT2D eigenvalue weighted by molar-refractivity contribution is -0.141. The van der Waals surface area contributed by atoms with Crippen LogP contribution in [0.1, 0.15) is 12.6 Å². The Morgan fingerprint density at radius 3 is 2.50 bits per heavy atom. The Hall–Kier alpha value is -1.63. The van der Waals surface area contributed by atoms with E-state index < -0.39 is 11.9 Å². The molecule has 1 aromatic carbocycles. The summed E-state index contributed by atoms with van der Waals surface area (Å²) in [6.07, 6.45) is -4.51. The highest BCUT2D eigenvalue weighted by Crippen LogP contribution is 2.33. The number of alkyl halides is 3. The third kappa shape index (κ3) is 3.27. The van der Waals surface area contributed by atoms with Crippen LogP contribution in [0.5, 0.6) is 0 Å². The van der Waals surface area contributed by atoms with E-state index >= 15 is 0 Å². The number of anilines is 1. The van der Waals surface area contributed by atoms with Gasteiger partial charge in [0, 0.05) is 16.6 Å². The van der Waals surface area contributed by atoms with Crippen molar-refractivity contribution in [2.45, 2.75) is 13.1 Å². The smallest absolute Gasteiger partial charge is 0.354 e. The van der Waals surface area contributed by atoms with Crippen LogP contribution in [0.4, 0.5) is 19.1 Å². The van der Waals surface area contributed by atoms with Crippen LogP contribution in [0, 0.1) is 0 Å². The van der Waals surface area contributed by atoms with Crippen LogP contribution in [0.3, 0.4) is 0 Å². The molecule has 0 radical (unpaired) electrons. The van der Waals surface area contributed by atoms with Gasteiger partial charge in [-0.15, -0.1) is 0 Å². The molecular formula is C13H11BrF3N3. The van der Waals surface area contributed by atoms with Crippen molar-refractivity contribution in [3.63, 3.8) is 0 Å². The normalized spacial score (nSPS) is 11.4. The van der Waals surface area contributed by atoms with Gasteiger partial charge >= 0.3 is 6.18 Å². The molecule has 0 aliphatic carbocycles. The van der Waals surface area contributed by atoms with Gasteiger partial charge in [-0.25, -0.2) is 9.97 Å². The van der Waals surface area contributed by atoms with E-state index in [1.807, 2.05) is 0 Å². The molecule has 0 saturated heterocycles. The van der Waals surface area contributed by atoms with E-state index in [4.69, 9.17) is 0 Å². The molecule has 0 amide bonds. The predicted octanol–water partition coefficient (Wildman–Crippen LogP) is 4.36. The summed E-state index contributed by atoms with van der Waals surface area (Å²) in [5, 5.41) is 2.71. The van der Waals surface area contributed by atoms with E-state index in [2.05, 4.69) is 31.2 Å². The van der Waals surface area contributed by atoms with Gasteiger partial charge in [0.2, 0.25) is 5.95 Å². The summed E-state index contributed by atoms with van der Waals surface area (Å²) in [4.78, 5) is 7.60. The first kappa shape index (κ1) is 14.8. The fourth-order valence-corrected chi connectivity index (χ4v) is 2.12. The van der Waals surface area contributed by atoms with Gasteiger partial charge < -0.3 is 5.32 Å². The summed E-state index contributed by atoms with van der Waals surface area (Å²) in [6, 6.07) is 7.91. The second kappa shape index (κ2) is 5.78. The van der Waals surface area contributed by atoms with E-state index in [1.165, 1.54) is 0 Å². The number of hydrogen-bond donors (Lipinski definition) is 1. The molecule has 7 heteroatoms. The molecule has 0 spiro atoms. The third-order valence-electron chi connectivity index (χ3n) is 2.50. The predicted molar refractivity (Wildman–Crippen MR) is 74.3 cm³/mol. The SMILES string of the molecule is CCNc1nc(-c2ccccc2Br)cc(C(F)(F)F)n1. The monoisotopic (exact) mass is 345 g/mol. The maximum Gasteiger partial charge on any atom is 0.433 e. The average Bonchev–Trinajstić information content (AvgIpc) is 2.38. The van der Waals surface area contributed by atoms with E-state index in [0.29, 0.717) is 16.6 Å². The van der Waals surface area contributed by atoms with Gasteiger partial charge in [-0.05, 0) is 19.1 Å². The summed E-state index contributed by atoms with van der Waals surface area (Å²) in [5.74, 6) is -0.0342. The first-order chi connectivity index (χ1) is 9.41. The van der Waals surface area contributed by atoms with Gasteiger partial charge in [-0.2, -0.15) is 13.2 Å². The number of aromatic nitrogens is 2. The first-order valence-electron chi connectivity index (χ1n) is 5.87. The molecule has 1 heterocycles. The zero-order valence-corrected chi connectivity index (χ0v) is 12.1. The van der Waals surface area contributed by atoms with Crippen molar-refractivity contribution >= 4 is 21.9 Å². The lowest BCUT2D eigenvalue weighted by Crippen LogP contribution is -2.12. The molecule has 0 atom stereocenters. The zero-order valence-electron chi connectivity index (χ0n) is 10.5. The maximum absolute atomic E-state index is 12.9. The molecule has 106 valence electrons. The quantitative estimate of drug-likeness (QED) is 0.898. The Kier molecular flexibility index (Phi) is 4.27. The highest BCUT2D eigenvalue weighted by Gasteiger charge is 2.33. The van der Waals surface area contributed by atoms with E-state index in [1.54, 1.807) is 31.2 Å². The molecule has 2 aromatic rings. The summed E-state index contributed by atoms with van der Waals surface area (Å²) in [6.45, 7) is 2.21. The van der Waals surface area contributed by atoms with Crippen molar-refractivity contribution in [1.82, 2.24) is 9.97 Å². The minimum atomic E-state index is -4.51. The number of halogens is 4. The van der Waals surface area contributed by atoms with Crippen molar-refractivity contribution in [2.24, 2.45) is 0 Å². The number of nitrogens with one attached hydrogen (secondary N) is 1. The Morgan fingerprint density at radius 2 is 1.90 bits per heavy atom. The van der Waals surface area contributed by atoms with Crippen molar-refractivity contribution in [3.05, 3.63) is 40.5 Å². The summed E-state index contributed by atoms with van der Waals surface area (Å²) < 4.78 is 39.3. The van der Waals surface area contributed by atoms with Crippen molar-refractivity contribution in [1.29, 1.82) is 0 Å². The van der Waals surface area contributed by atoms with Crippen LogP contribution in [-0.4, -0.2) is 16.5 Å². The molecule has 20 heavy (non-hydrogen) atoms. The molecular weight excluding hydrogens is 335 g/mol. The molecule has 2 rings (SSSR count).